The second kappa shape index (κ2) is 3.55. The summed E-state index contributed by atoms with van der Waals surface area (Å²) >= 11 is 0. The lowest BCUT2D eigenvalue weighted by molar-refractivity contribution is -0.120. The fourth-order valence-electron chi connectivity index (χ4n) is 2.36. The second-order valence-corrected chi connectivity index (χ2v) is 4.50. The molecule has 1 aliphatic heterocycles. The second-order valence-electron chi connectivity index (χ2n) is 4.50. The Hall–Kier alpha value is -1.91. The summed E-state index contributed by atoms with van der Waals surface area (Å²) < 4.78 is 4.96. The number of hydrogen-bond acceptors (Lipinski definition) is 4. The summed E-state index contributed by atoms with van der Waals surface area (Å²) in [5.41, 5.74) is 0.662. The zero-order valence-electron chi connectivity index (χ0n) is 9.12. The summed E-state index contributed by atoms with van der Waals surface area (Å²) in [5, 5.41) is 2.26. The Balaban J connectivity index is 2.18. The van der Waals surface area contributed by atoms with Crippen molar-refractivity contribution in [3.8, 4) is 0 Å². The number of nitrogens with one attached hydrogen (secondary N) is 1. The molecule has 0 saturated heterocycles. The monoisotopic (exact) mass is 233 g/mol. The van der Waals surface area contributed by atoms with Crippen LogP contribution in [0.4, 0.5) is 0 Å². The first-order valence-electron chi connectivity index (χ1n) is 5.66. The van der Waals surface area contributed by atoms with Crippen molar-refractivity contribution in [3.63, 3.8) is 0 Å². The minimum absolute atomic E-state index is 0.0309. The van der Waals surface area contributed by atoms with E-state index in [0.29, 0.717) is 5.56 Å². The van der Waals surface area contributed by atoms with Crippen LogP contribution in [0, 0.1) is 0 Å². The maximum Gasteiger partial charge on any atom is 0.336 e. The van der Waals surface area contributed by atoms with Crippen molar-refractivity contribution in [1.82, 2.24) is 5.32 Å². The van der Waals surface area contributed by atoms with E-state index in [0.717, 1.165) is 24.8 Å². The molecule has 17 heavy (non-hydrogen) atoms. The van der Waals surface area contributed by atoms with Gasteiger partial charge in [-0.2, -0.15) is 0 Å². The van der Waals surface area contributed by atoms with Crippen LogP contribution < -0.4 is 10.9 Å². The van der Waals surface area contributed by atoms with Crippen molar-refractivity contribution >= 4 is 11.8 Å². The third-order valence-electron chi connectivity index (χ3n) is 3.41. The molecular formula is C12H11NO4. The van der Waals surface area contributed by atoms with Gasteiger partial charge < -0.3 is 4.42 Å². The molecule has 1 fully saturated rings. The molecule has 0 radical (unpaired) electrons. The average Bonchev–Trinajstić information content (AvgIpc) is 2.11. The molecule has 0 atom stereocenters. The highest BCUT2D eigenvalue weighted by atomic mass is 16.4. The quantitative estimate of drug-likeness (QED) is 0.725. The molecule has 1 N–H and O–H groups in total. The summed E-state index contributed by atoms with van der Waals surface area (Å²) in [6.45, 7) is 0. The number of carbonyl (C=O) groups excluding carboxylic acids is 2. The third kappa shape index (κ3) is 1.58. The van der Waals surface area contributed by atoms with Crippen LogP contribution in [0.15, 0.2) is 15.3 Å². The first kappa shape index (κ1) is 10.3. The van der Waals surface area contributed by atoms with Gasteiger partial charge in [-0.15, -0.1) is 0 Å². The van der Waals surface area contributed by atoms with Gasteiger partial charge in [0.2, 0.25) is 5.91 Å². The van der Waals surface area contributed by atoms with Crippen LogP contribution in [-0.4, -0.2) is 11.8 Å². The van der Waals surface area contributed by atoms with Crippen molar-refractivity contribution in [2.24, 2.45) is 0 Å². The topological polar surface area (TPSA) is 76.4 Å². The molecule has 0 spiro atoms. The number of carbonyl (C=O) groups is 2. The zero-order chi connectivity index (χ0) is 12.0. The van der Waals surface area contributed by atoms with E-state index in [2.05, 4.69) is 5.32 Å². The molecule has 3 rings (SSSR count). The van der Waals surface area contributed by atoms with Crippen molar-refractivity contribution in [2.75, 3.05) is 0 Å². The zero-order valence-corrected chi connectivity index (χ0v) is 9.12. The van der Waals surface area contributed by atoms with Gasteiger partial charge >= 0.3 is 5.63 Å². The first-order valence-corrected chi connectivity index (χ1v) is 5.66. The third-order valence-corrected chi connectivity index (χ3v) is 3.41. The van der Waals surface area contributed by atoms with E-state index in [9.17, 15) is 14.4 Å². The number of amides is 2. The van der Waals surface area contributed by atoms with Gasteiger partial charge in [-0.25, -0.2) is 4.79 Å². The van der Waals surface area contributed by atoms with Crippen LogP contribution in [0.5, 0.6) is 0 Å². The maximum absolute atomic E-state index is 11.8. The highest BCUT2D eigenvalue weighted by Crippen LogP contribution is 2.38. The molecule has 0 aromatic carbocycles. The molecule has 88 valence electrons. The van der Waals surface area contributed by atoms with Crippen molar-refractivity contribution < 1.29 is 14.0 Å². The molecule has 2 aliphatic rings. The van der Waals surface area contributed by atoms with Crippen LogP contribution in [0.2, 0.25) is 0 Å². The van der Waals surface area contributed by atoms with E-state index in [4.69, 9.17) is 4.42 Å². The first-order chi connectivity index (χ1) is 8.15. The van der Waals surface area contributed by atoms with E-state index < -0.39 is 17.4 Å². The normalized spacial score (nSPS) is 19.5. The summed E-state index contributed by atoms with van der Waals surface area (Å²) in [6.07, 6.45) is 3.05. The largest absolute Gasteiger partial charge is 0.426 e. The SMILES string of the molecule is O=C1Cc2oc(=O)cc(C3CCC3)c2C(=O)N1. The lowest BCUT2D eigenvalue weighted by Crippen LogP contribution is -2.39. The minimum atomic E-state index is -0.479. The van der Waals surface area contributed by atoms with E-state index in [-0.39, 0.29) is 18.1 Å². The fourth-order valence-corrected chi connectivity index (χ4v) is 2.36. The van der Waals surface area contributed by atoms with Crippen LogP contribution >= 0.6 is 0 Å². The molecule has 5 heteroatoms. The van der Waals surface area contributed by atoms with Crippen molar-refractivity contribution in [1.29, 1.82) is 0 Å². The van der Waals surface area contributed by atoms with E-state index in [1.165, 1.54) is 6.07 Å². The molecular weight excluding hydrogens is 222 g/mol. The molecule has 1 saturated carbocycles. The highest BCUT2D eigenvalue weighted by Gasteiger charge is 2.32. The van der Waals surface area contributed by atoms with Crippen LogP contribution in [0.3, 0.4) is 0 Å². The highest BCUT2D eigenvalue weighted by molar-refractivity contribution is 6.09. The summed E-state index contributed by atoms with van der Waals surface area (Å²) in [4.78, 5) is 34.4. The molecule has 5 nitrogen and oxygen atoms in total. The van der Waals surface area contributed by atoms with Gasteiger partial charge in [-0.3, -0.25) is 14.9 Å². The van der Waals surface area contributed by atoms with Crippen molar-refractivity contribution in [2.45, 2.75) is 31.6 Å². The Bertz CT molecular complexity index is 568. The van der Waals surface area contributed by atoms with E-state index >= 15 is 0 Å². The lowest BCUT2D eigenvalue weighted by atomic mass is 9.77. The van der Waals surface area contributed by atoms with Crippen molar-refractivity contribution in [3.05, 3.63) is 33.4 Å². The number of fused-ring (bicyclic) bond motifs is 1. The predicted molar refractivity (Wildman–Crippen MR) is 57.7 cm³/mol. The van der Waals surface area contributed by atoms with Crippen LogP contribution in [0.1, 0.15) is 46.9 Å². The summed E-state index contributed by atoms with van der Waals surface area (Å²) in [5.74, 6) is -0.390. The van der Waals surface area contributed by atoms with Gasteiger partial charge in [0.05, 0.1) is 12.0 Å². The number of imide groups is 1. The maximum atomic E-state index is 11.8. The minimum Gasteiger partial charge on any atom is -0.426 e. The van der Waals surface area contributed by atoms with Gasteiger partial charge in [-0.1, -0.05) is 6.42 Å². The number of rotatable bonds is 1. The van der Waals surface area contributed by atoms with E-state index in [1.807, 2.05) is 0 Å². The Morgan fingerprint density at radius 1 is 1.24 bits per heavy atom. The Kier molecular flexibility index (Phi) is 2.14. The molecule has 1 aromatic heterocycles. The Labute approximate surface area is 96.8 Å². The van der Waals surface area contributed by atoms with Gasteiger partial charge in [0.1, 0.15) is 5.76 Å². The Morgan fingerprint density at radius 3 is 2.65 bits per heavy atom. The molecule has 1 aliphatic carbocycles. The van der Waals surface area contributed by atoms with Gasteiger partial charge in [0.25, 0.3) is 5.91 Å². The number of hydrogen-bond donors (Lipinski definition) is 1. The summed E-state index contributed by atoms with van der Waals surface area (Å²) in [7, 11) is 0. The molecule has 1 aromatic rings. The molecule has 0 bridgehead atoms. The summed E-state index contributed by atoms with van der Waals surface area (Å²) in [6, 6.07) is 1.39. The molecule has 2 heterocycles. The molecule has 2 amide bonds. The Morgan fingerprint density at radius 2 is 2.00 bits per heavy atom. The van der Waals surface area contributed by atoms with Gasteiger partial charge in [0.15, 0.2) is 0 Å². The fraction of sp³-hybridized carbons (Fsp3) is 0.417. The molecule has 0 unspecified atom stereocenters. The van der Waals surface area contributed by atoms with Gasteiger partial charge in [0, 0.05) is 6.07 Å². The predicted octanol–water partition coefficient (Wildman–Crippen LogP) is 0.720. The van der Waals surface area contributed by atoms with Gasteiger partial charge in [-0.05, 0) is 24.3 Å². The van der Waals surface area contributed by atoms with Crippen LogP contribution in [-0.2, 0) is 11.2 Å². The van der Waals surface area contributed by atoms with Crippen LogP contribution in [0.25, 0.3) is 0 Å². The van der Waals surface area contributed by atoms with E-state index in [1.54, 1.807) is 0 Å². The average molecular weight is 233 g/mol. The standard InChI is InChI=1S/C12H11NO4/c14-9-5-8-11(12(16)13-9)7(4-10(15)17-8)6-2-1-3-6/h4,6H,1-3,5H2,(H,13,14,16). The lowest BCUT2D eigenvalue weighted by Gasteiger charge is -2.28. The smallest absolute Gasteiger partial charge is 0.336 e.